The van der Waals surface area contributed by atoms with E-state index in [2.05, 4.69) is 16.6 Å². The second-order valence-corrected chi connectivity index (χ2v) is 7.93. The van der Waals surface area contributed by atoms with Crippen molar-refractivity contribution in [3.8, 4) is 23.3 Å². The van der Waals surface area contributed by atoms with E-state index >= 15 is 0 Å². The minimum absolute atomic E-state index is 0.00682. The van der Waals surface area contributed by atoms with Crippen LogP contribution in [0.3, 0.4) is 0 Å². The lowest BCUT2D eigenvalue weighted by molar-refractivity contribution is 0.0945. The Morgan fingerprint density at radius 1 is 1.13 bits per heavy atom. The van der Waals surface area contributed by atoms with Crippen molar-refractivity contribution in [3.05, 3.63) is 60.2 Å². The predicted octanol–water partition coefficient (Wildman–Crippen LogP) is 2.17. The summed E-state index contributed by atoms with van der Waals surface area (Å²) in [6.45, 7) is 3.54. The average Bonchev–Trinajstić information content (AvgIpc) is 2.80. The first-order valence-electron chi connectivity index (χ1n) is 9.02. The maximum Gasteiger partial charge on any atom is 0.252 e. The van der Waals surface area contributed by atoms with E-state index in [1.165, 1.54) is 51.7 Å². The van der Waals surface area contributed by atoms with E-state index in [-0.39, 0.29) is 17.0 Å². The van der Waals surface area contributed by atoms with Crippen LogP contribution >= 0.6 is 0 Å². The fourth-order valence-electron chi connectivity index (χ4n) is 2.71. The number of ether oxygens (including phenoxy) is 3. The number of nitrogens with zero attached hydrogens (tertiary/aromatic N) is 1. The van der Waals surface area contributed by atoms with Crippen LogP contribution in [0.5, 0.6) is 17.2 Å². The molecule has 0 heterocycles. The molecule has 2 rings (SSSR count). The van der Waals surface area contributed by atoms with Crippen LogP contribution in [-0.2, 0) is 10.0 Å². The molecule has 0 saturated carbocycles. The predicted molar refractivity (Wildman–Crippen MR) is 114 cm³/mol. The molecule has 9 nitrogen and oxygen atoms in total. The van der Waals surface area contributed by atoms with E-state index in [0.29, 0.717) is 22.8 Å². The highest BCUT2D eigenvalue weighted by Gasteiger charge is 2.21. The fraction of sp³-hybridized carbons (Fsp3) is 0.238. The van der Waals surface area contributed by atoms with Crippen LogP contribution in [-0.4, -0.2) is 42.2 Å². The minimum Gasteiger partial charge on any atom is -0.493 e. The molecule has 0 aromatic heterocycles. The molecular formula is C21H23N3O6S. The Morgan fingerprint density at radius 3 is 2.16 bits per heavy atom. The van der Waals surface area contributed by atoms with Crippen molar-refractivity contribution in [2.45, 2.75) is 10.9 Å². The van der Waals surface area contributed by atoms with Gasteiger partial charge in [0.2, 0.25) is 15.8 Å². The van der Waals surface area contributed by atoms with Gasteiger partial charge in [-0.05, 0) is 42.0 Å². The monoisotopic (exact) mass is 445 g/mol. The number of methoxy groups -OCH3 is 3. The molecule has 2 aromatic rings. The number of hydrogen-bond acceptors (Lipinski definition) is 7. The van der Waals surface area contributed by atoms with Gasteiger partial charge < -0.3 is 19.5 Å². The molecule has 2 aromatic carbocycles. The van der Waals surface area contributed by atoms with E-state index in [4.69, 9.17) is 14.2 Å². The van der Waals surface area contributed by atoms with Crippen LogP contribution in [0.4, 0.5) is 0 Å². The Kier molecular flexibility index (Phi) is 8.01. The minimum atomic E-state index is -3.70. The molecule has 0 radical (unpaired) electrons. The third-order valence-electron chi connectivity index (χ3n) is 4.27. The summed E-state index contributed by atoms with van der Waals surface area (Å²) in [6.07, 6.45) is 1.42. The van der Waals surface area contributed by atoms with Gasteiger partial charge in [-0.3, -0.25) is 4.79 Å². The maximum absolute atomic E-state index is 12.6. The number of nitriles is 1. The van der Waals surface area contributed by atoms with Crippen molar-refractivity contribution in [3.63, 3.8) is 0 Å². The summed E-state index contributed by atoms with van der Waals surface area (Å²) < 4.78 is 42.4. The van der Waals surface area contributed by atoms with Crippen molar-refractivity contribution in [2.75, 3.05) is 27.9 Å². The number of carbonyl (C=O) groups excluding carboxylic acids is 1. The standard InChI is InChI=1S/C21H23N3O6S/c1-5-10-23-31(26,27)16-8-6-14(7-9-16)21(25)24-17(13-22)15-11-18(28-2)20(30-4)19(12-15)29-3/h5-9,11-12,17,23H,1,10H2,2-4H3,(H,24,25). The zero-order valence-corrected chi connectivity index (χ0v) is 18.2. The molecule has 0 bridgehead atoms. The molecule has 0 spiro atoms. The van der Waals surface area contributed by atoms with E-state index < -0.39 is 22.0 Å². The first-order valence-corrected chi connectivity index (χ1v) is 10.5. The quantitative estimate of drug-likeness (QED) is 0.537. The molecule has 0 aliphatic carbocycles. The summed E-state index contributed by atoms with van der Waals surface area (Å²) in [5.74, 6) is 0.489. The van der Waals surface area contributed by atoms with Crippen LogP contribution in [0.15, 0.2) is 53.9 Å². The smallest absolute Gasteiger partial charge is 0.252 e. The molecular weight excluding hydrogens is 422 g/mol. The number of carbonyl (C=O) groups is 1. The Morgan fingerprint density at radius 2 is 1.71 bits per heavy atom. The van der Waals surface area contributed by atoms with E-state index in [1.54, 1.807) is 12.1 Å². The Bertz CT molecular complexity index is 1070. The normalized spacial score (nSPS) is 11.7. The van der Waals surface area contributed by atoms with E-state index in [0.717, 1.165) is 0 Å². The topological polar surface area (TPSA) is 127 Å². The van der Waals surface area contributed by atoms with E-state index in [9.17, 15) is 18.5 Å². The van der Waals surface area contributed by atoms with Crippen LogP contribution in [0.1, 0.15) is 22.0 Å². The van der Waals surface area contributed by atoms with E-state index in [1.807, 2.05) is 6.07 Å². The lowest BCUT2D eigenvalue weighted by atomic mass is 10.1. The van der Waals surface area contributed by atoms with Gasteiger partial charge in [0.25, 0.3) is 5.91 Å². The van der Waals surface area contributed by atoms with Crippen molar-refractivity contribution < 1.29 is 27.4 Å². The number of rotatable bonds is 10. The van der Waals surface area contributed by atoms with Crippen molar-refractivity contribution in [1.82, 2.24) is 10.0 Å². The Hall–Kier alpha value is -3.55. The molecule has 1 atom stereocenters. The molecule has 0 fully saturated rings. The summed E-state index contributed by atoms with van der Waals surface area (Å²) in [5.41, 5.74) is 0.619. The van der Waals surface area contributed by atoms with Gasteiger partial charge in [0, 0.05) is 12.1 Å². The third-order valence-corrected chi connectivity index (χ3v) is 5.71. The summed E-state index contributed by atoms with van der Waals surface area (Å²) >= 11 is 0. The van der Waals surface area contributed by atoms with Crippen molar-refractivity contribution in [2.24, 2.45) is 0 Å². The van der Waals surface area contributed by atoms with Crippen LogP contribution in [0.2, 0.25) is 0 Å². The Balaban J connectivity index is 2.26. The van der Waals surface area contributed by atoms with Gasteiger partial charge in [-0.15, -0.1) is 6.58 Å². The van der Waals surface area contributed by atoms with Crippen molar-refractivity contribution in [1.29, 1.82) is 5.26 Å². The molecule has 1 amide bonds. The number of nitrogens with one attached hydrogen (secondary N) is 2. The van der Waals surface area contributed by atoms with Crippen LogP contribution < -0.4 is 24.2 Å². The number of amides is 1. The zero-order valence-electron chi connectivity index (χ0n) is 17.3. The molecule has 31 heavy (non-hydrogen) atoms. The molecule has 0 aliphatic heterocycles. The van der Waals surface area contributed by atoms with Crippen LogP contribution in [0, 0.1) is 11.3 Å². The highest BCUT2D eigenvalue weighted by Crippen LogP contribution is 2.39. The number of sulfonamides is 1. The summed E-state index contributed by atoms with van der Waals surface area (Å²) in [4.78, 5) is 12.6. The fourth-order valence-corrected chi connectivity index (χ4v) is 3.71. The Labute approximate surface area is 181 Å². The maximum atomic E-state index is 12.6. The SMILES string of the molecule is C=CCNS(=O)(=O)c1ccc(C(=O)NC(C#N)c2cc(OC)c(OC)c(OC)c2)cc1. The molecule has 0 aliphatic rings. The highest BCUT2D eigenvalue weighted by molar-refractivity contribution is 7.89. The third kappa shape index (κ3) is 5.53. The molecule has 2 N–H and O–H groups in total. The van der Waals surface area contributed by atoms with Gasteiger partial charge in [0.1, 0.15) is 6.04 Å². The number of benzene rings is 2. The molecule has 1 unspecified atom stereocenters. The second kappa shape index (κ2) is 10.5. The summed E-state index contributed by atoms with van der Waals surface area (Å²) in [6, 6.07) is 9.47. The molecule has 164 valence electrons. The zero-order chi connectivity index (χ0) is 23.0. The lowest BCUT2D eigenvalue weighted by Gasteiger charge is -2.17. The van der Waals surface area contributed by atoms with Gasteiger partial charge in [0.15, 0.2) is 11.5 Å². The van der Waals surface area contributed by atoms with Gasteiger partial charge >= 0.3 is 0 Å². The first kappa shape index (κ1) is 23.7. The number of hydrogen-bond donors (Lipinski definition) is 2. The van der Waals surface area contributed by atoms with Gasteiger partial charge in [0.05, 0.1) is 32.3 Å². The second-order valence-electron chi connectivity index (χ2n) is 6.16. The van der Waals surface area contributed by atoms with Gasteiger partial charge in [-0.25, -0.2) is 13.1 Å². The highest BCUT2D eigenvalue weighted by atomic mass is 32.2. The van der Waals surface area contributed by atoms with Crippen molar-refractivity contribution >= 4 is 15.9 Å². The van der Waals surface area contributed by atoms with Gasteiger partial charge in [-0.2, -0.15) is 5.26 Å². The first-order chi connectivity index (χ1) is 14.8. The molecule has 0 saturated heterocycles. The van der Waals surface area contributed by atoms with Crippen LogP contribution in [0.25, 0.3) is 0 Å². The lowest BCUT2D eigenvalue weighted by Crippen LogP contribution is -2.28. The van der Waals surface area contributed by atoms with Gasteiger partial charge in [-0.1, -0.05) is 6.08 Å². The summed E-state index contributed by atoms with van der Waals surface area (Å²) in [7, 11) is 0.646. The summed E-state index contributed by atoms with van der Waals surface area (Å²) in [5, 5.41) is 12.2. The average molecular weight is 445 g/mol. The molecule has 10 heteroatoms. The largest absolute Gasteiger partial charge is 0.493 e.